The number of pyridine rings is 1. The van der Waals surface area contributed by atoms with Crippen molar-refractivity contribution in [3.05, 3.63) is 100 Å². The molecule has 1 aromatic heterocycles. The van der Waals surface area contributed by atoms with Gasteiger partial charge in [0.2, 0.25) is 5.88 Å². The van der Waals surface area contributed by atoms with Gasteiger partial charge in [0.1, 0.15) is 11.9 Å². The largest absolute Gasteiger partial charge is 0.464 e. The Morgan fingerprint density at radius 2 is 1.98 bits per heavy atom. The van der Waals surface area contributed by atoms with Gasteiger partial charge in [-0.15, -0.1) is 0 Å². The van der Waals surface area contributed by atoms with Crippen LogP contribution in [0.2, 0.25) is 5.02 Å². The average Bonchev–Trinajstić information content (AvgIpc) is 3.11. The predicted molar refractivity (Wildman–Crippen MR) is 158 cm³/mol. The summed E-state index contributed by atoms with van der Waals surface area (Å²) < 4.78 is 17.8. The number of carbonyl (C=O) groups is 1. The standard InChI is InChI=1S/C33H37ClN2O4/c1-4-38-32(37)33(2,3)40-30-11-5-10-29-28(30)22-25(27-9-6-18-35-31(27)39-29)8-7-19-36-20-16-24(17-21-36)23-12-14-26(34)15-13-23/h5-6,8-15,18,22,24,30H,4,7,16-17,19-21H2,1-3H3. The number of likely N-dealkylation sites (tertiary alicyclic amines) is 1. The van der Waals surface area contributed by atoms with Crippen molar-refractivity contribution in [1.82, 2.24) is 9.88 Å². The van der Waals surface area contributed by atoms with Crippen LogP contribution in [0.15, 0.2) is 84.3 Å². The van der Waals surface area contributed by atoms with Crippen molar-refractivity contribution in [1.29, 1.82) is 0 Å². The highest BCUT2D eigenvalue weighted by Gasteiger charge is 2.36. The molecule has 1 atom stereocenters. The Kier molecular flexibility index (Phi) is 8.89. The second-order valence-electron chi connectivity index (χ2n) is 10.9. The summed E-state index contributed by atoms with van der Waals surface area (Å²) in [6, 6.07) is 12.3. The van der Waals surface area contributed by atoms with E-state index >= 15 is 0 Å². The fourth-order valence-corrected chi connectivity index (χ4v) is 5.57. The van der Waals surface area contributed by atoms with E-state index < -0.39 is 17.7 Å². The van der Waals surface area contributed by atoms with Gasteiger partial charge in [0.15, 0.2) is 5.60 Å². The molecule has 1 unspecified atom stereocenters. The summed E-state index contributed by atoms with van der Waals surface area (Å²) in [7, 11) is 0. The molecule has 2 aromatic rings. The van der Waals surface area contributed by atoms with Crippen LogP contribution < -0.4 is 4.74 Å². The minimum atomic E-state index is -1.12. The lowest BCUT2D eigenvalue weighted by atomic mass is 9.89. The van der Waals surface area contributed by atoms with Crippen LogP contribution in [0.25, 0.3) is 5.57 Å². The van der Waals surface area contributed by atoms with E-state index in [1.165, 1.54) is 5.56 Å². The number of hydrogen-bond donors (Lipinski definition) is 0. The van der Waals surface area contributed by atoms with Gasteiger partial charge in [-0.1, -0.05) is 42.0 Å². The first-order valence-electron chi connectivity index (χ1n) is 14.1. The number of aromatic nitrogens is 1. The Morgan fingerprint density at radius 3 is 2.73 bits per heavy atom. The minimum Gasteiger partial charge on any atom is -0.464 e. The molecule has 0 bridgehead atoms. The van der Waals surface area contributed by atoms with Gasteiger partial charge in [-0.3, -0.25) is 0 Å². The first-order chi connectivity index (χ1) is 19.3. The van der Waals surface area contributed by atoms with E-state index in [9.17, 15) is 4.79 Å². The van der Waals surface area contributed by atoms with E-state index in [-0.39, 0.29) is 0 Å². The van der Waals surface area contributed by atoms with Crippen molar-refractivity contribution in [2.24, 2.45) is 0 Å². The molecule has 0 amide bonds. The smallest absolute Gasteiger partial charge is 0.337 e. The third-order valence-electron chi connectivity index (χ3n) is 7.65. The number of fused-ring (bicyclic) bond motifs is 2. The number of piperidine rings is 1. The molecule has 0 spiro atoms. The molecule has 1 fully saturated rings. The molecule has 1 aromatic carbocycles. The zero-order valence-electron chi connectivity index (χ0n) is 23.4. The van der Waals surface area contributed by atoms with Crippen LogP contribution in [0.4, 0.5) is 0 Å². The molecular formula is C33H37ClN2O4. The lowest BCUT2D eigenvalue weighted by Gasteiger charge is -2.32. The van der Waals surface area contributed by atoms with Gasteiger partial charge in [0, 0.05) is 28.9 Å². The highest BCUT2D eigenvalue weighted by atomic mass is 35.5. The van der Waals surface area contributed by atoms with Gasteiger partial charge in [-0.05, 0) is 107 Å². The number of esters is 1. The highest BCUT2D eigenvalue weighted by molar-refractivity contribution is 6.30. The van der Waals surface area contributed by atoms with Gasteiger partial charge in [0.05, 0.1) is 6.61 Å². The van der Waals surface area contributed by atoms with Crippen LogP contribution in [-0.4, -0.2) is 53.8 Å². The molecule has 2 aliphatic heterocycles. The molecule has 7 heteroatoms. The van der Waals surface area contributed by atoms with E-state index in [2.05, 4.69) is 34.2 Å². The Bertz CT molecular complexity index is 1330. The van der Waals surface area contributed by atoms with Crippen molar-refractivity contribution < 1.29 is 19.0 Å². The first kappa shape index (κ1) is 28.3. The fourth-order valence-electron chi connectivity index (χ4n) is 5.44. The van der Waals surface area contributed by atoms with Gasteiger partial charge in [0.25, 0.3) is 0 Å². The number of benzene rings is 1. The number of hydrogen-bond acceptors (Lipinski definition) is 6. The summed E-state index contributed by atoms with van der Waals surface area (Å²) in [5.41, 5.74) is 3.10. The van der Waals surface area contributed by atoms with Gasteiger partial charge in [-0.2, -0.15) is 0 Å². The van der Waals surface area contributed by atoms with Crippen molar-refractivity contribution in [3.8, 4) is 5.88 Å². The Morgan fingerprint density at radius 1 is 1.20 bits per heavy atom. The van der Waals surface area contributed by atoms with Crippen LogP contribution in [-0.2, 0) is 14.3 Å². The van der Waals surface area contributed by atoms with Crippen LogP contribution in [0.1, 0.15) is 57.1 Å². The van der Waals surface area contributed by atoms with Crippen molar-refractivity contribution in [3.63, 3.8) is 0 Å². The maximum absolute atomic E-state index is 12.5. The topological polar surface area (TPSA) is 60.9 Å². The fraction of sp³-hybridized carbons (Fsp3) is 0.394. The monoisotopic (exact) mass is 560 g/mol. The maximum atomic E-state index is 12.5. The zero-order valence-corrected chi connectivity index (χ0v) is 24.2. The number of halogens is 1. The molecular weight excluding hydrogens is 524 g/mol. The van der Waals surface area contributed by atoms with Gasteiger partial charge < -0.3 is 19.1 Å². The van der Waals surface area contributed by atoms with Crippen molar-refractivity contribution in [2.75, 3.05) is 26.2 Å². The van der Waals surface area contributed by atoms with E-state index in [0.717, 1.165) is 60.6 Å². The zero-order chi connectivity index (χ0) is 28.1. The lowest BCUT2D eigenvalue weighted by Crippen LogP contribution is -2.40. The number of carbonyl (C=O) groups excluding carboxylic acids is 1. The molecule has 210 valence electrons. The number of allylic oxidation sites excluding steroid dienone is 4. The van der Waals surface area contributed by atoms with Crippen LogP contribution in [0.3, 0.4) is 0 Å². The highest BCUT2D eigenvalue weighted by Crippen LogP contribution is 2.38. The molecule has 0 saturated carbocycles. The summed E-state index contributed by atoms with van der Waals surface area (Å²) in [4.78, 5) is 19.6. The normalized spacial score (nSPS) is 20.6. The maximum Gasteiger partial charge on any atom is 0.337 e. The first-order valence-corrected chi connectivity index (χ1v) is 14.5. The Labute approximate surface area is 242 Å². The van der Waals surface area contributed by atoms with E-state index in [4.69, 9.17) is 25.8 Å². The second kappa shape index (κ2) is 12.5. The number of ether oxygens (including phenoxy) is 3. The SMILES string of the molecule is CCOC(=O)C(C)(C)OC1C=CC=C2Oc3ncccc3C(=CCCN3CCC(c4ccc(Cl)cc4)CC3)C=C21. The third-order valence-corrected chi connectivity index (χ3v) is 7.90. The molecule has 5 rings (SSSR count). The molecule has 1 saturated heterocycles. The van der Waals surface area contributed by atoms with E-state index in [1.54, 1.807) is 27.0 Å². The molecule has 0 N–H and O–H groups in total. The number of nitrogens with zero attached hydrogens (tertiary/aromatic N) is 2. The molecule has 3 aliphatic rings. The number of rotatable bonds is 8. The summed E-state index contributed by atoms with van der Waals surface area (Å²) >= 11 is 6.07. The summed E-state index contributed by atoms with van der Waals surface area (Å²) in [5.74, 6) is 1.43. The van der Waals surface area contributed by atoms with Crippen LogP contribution in [0, 0.1) is 0 Å². The Hall–Kier alpha value is -3.19. The van der Waals surface area contributed by atoms with Gasteiger partial charge in [-0.25, -0.2) is 9.78 Å². The third kappa shape index (κ3) is 6.57. The molecule has 0 radical (unpaired) electrons. The summed E-state index contributed by atoms with van der Waals surface area (Å²) in [6.07, 6.45) is 14.6. The summed E-state index contributed by atoms with van der Waals surface area (Å²) in [5, 5.41) is 0.789. The van der Waals surface area contributed by atoms with Crippen molar-refractivity contribution >= 4 is 23.1 Å². The predicted octanol–water partition coefficient (Wildman–Crippen LogP) is 6.89. The molecule has 3 heterocycles. The molecule has 1 aliphatic carbocycles. The van der Waals surface area contributed by atoms with Crippen LogP contribution >= 0.6 is 11.6 Å². The Balaban J connectivity index is 1.30. The van der Waals surface area contributed by atoms with E-state index in [1.807, 2.05) is 42.5 Å². The van der Waals surface area contributed by atoms with Crippen LogP contribution in [0.5, 0.6) is 5.88 Å². The van der Waals surface area contributed by atoms with E-state index in [0.29, 0.717) is 24.2 Å². The average molecular weight is 561 g/mol. The lowest BCUT2D eigenvalue weighted by molar-refractivity contribution is -0.169. The molecule has 40 heavy (non-hydrogen) atoms. The van der Waals surface area contributed by atoms with Crippen molar-refractivity contribution in [2.45, 2.75) is 57.7 Å². The second-order valence-corrected chi connectivity index (χ2v) is 11.3. The quantitative estimate of drug-likeness (QED) is 0.328. The molecule has 6 nitrogen and oxygen atoms in total. The summed E-state index contributed by atoms with van der Waals surface area (Å²) in [6.45, 7) is 8.70. The van der Waals surface area contributed by atoms with Gasteiger partial charge >= 0.3 is 5.97 Å². The minimum absolute atomic E-state index is 0.301.